The van der Waals surface area contributed by atoms with E-state index in [1.165, 1.54) is 107 Å². The summed E-state index contributed by atoms with van der Waals surface area (Å²) in [6.07, 6.45) is 18.8. The van der Waals surface area contributed by atoms with Crippen LogP contribution in [0.5, 0.6) is 23.0 Å². The van der Waals surface area contributed by atoms with Crippen molar-refractivity contribution in [2.45, 2.75) is 110 Å². The van der Waals surface area contributed by atoms with Crippen LogP contribution in [-0.2, 0) is 6.42 Å². The van der Waals surface area contributed by atoms with Gasteiger partial charge in [0.15, 0.2) is 23.0 Å². The minimum atomic E-state index is -0.188. The first-order valence-corrected chi connectivity index (χ1v) is 15.6. The third-order valence-electron chi connectivity index (χ3n) is 6.72. The topological polar surface area (TPSA) is 18.5 Å². The average Bonchev–Trinajstić information content (AvgIpc) is 3.09. The molecule has 0 amide bonds. The Bertz CT molecular complexity index is 899. The normalized spacial score (nSPS) is 13.2. The number of thiophene rings is 1. The maximum Gasteiger partial charge on any atom is 0.196 e. The van der Waals surface area contributed by atoms with Crippen LogP contribution in [-0.4, -0.2) is 0 Å². The molecule has 0 bridgehead atoms. The molecule has 1 aliphatic heterocycles. The molecule has 1 aromatic carbocycles. The Kier molecular flexibility index (Phi) is 12.2. The summed E-state index contributed by atoms with van der Waals surface area (Å²) in [7, 11) is 0. The van der Waals surface area contributed by atoms with Gasteiger partial charge in [0.05, 0.1) is 0 Å². The summed E-state index contributed by atoms with van der Waals surface area (Å²) >= 11 is 8.53. The summed E-state index contributed by atoms with van der Waals surface area (Å²) < 4.78 is 28.9. The predicted molar refractivity (Wildman–Crippen MR) is 149 cm³/mol. The highest BCUT2D eigenvalue weighted by Gasteiger charge is 2.28. The molecule has 0 aliphatic carbocycles. The molecule has 1 aliphatic rings. The Morgan fingerprint density at radius 1 is 0.735 bits per heavy atom. The van der Waals surface area contributed by atoms with Gasteiger partial charge in [-0.25, -0.2) is 4.39 Å². The third kappa shape index (κ3) is 8.23. The van der Waals surface area contributed by atoms with Crippen molar-refractivity contribution in [3.05, 3.63) is 31.1 Å². The lowest BCUT2D eigenvalue weighted by atomic mass is 9.88. The number of hydrogen-bond donors (Lipinski definition) is 0. The van der Waals surface area contributed by atoms with E-state index in [0.717, 1.165) is 19.6 Å². The fourth-order valence-electron chi connectivity index (χ4n) is 4.72. The number of ether oxygens (including phenoxy) is 2. The molecule has 1 unspecified atom stereocenters. The molecule has 6 heteroatoms. The van der Waals surface area contributed by atoms with E-state index in [2.05, 4.69) is 45.7 Å². The molecule has 0 spiro atoms. The van der Waals surface area contributed by atoms with E-state index < -0.39 is 0 Å². The summed E-state index contributed by atoms with van der Waals surface area (Å²) in [6, 6.07) is 3.36. The monoisotopic (exact) mass is 616 g/mol. The van der Waals surface area contributed by atoms with Gasteiger partial charge in [0, 0.05) is 6.07 Å². The third-order valence-corrected chi connectivity index (χ3v) is 9.14. The van der Waals surface area contributed by atoms with E-state index >= 15 is 4.39 Å². The van der Waals surface area contributed by atoms with Crippen LogP contribution in [0.2, 0.25) is 0 Å². The Labute approximate surface area is 226 Å². The zero-order chi connectivity index (χ0) is 24.3. The highest BCUT2D eigenvalue weighted by atomic mass is 79.9. The molecule has 2 heterocycles. The van der Waals surface area contributed by atoms with Gasteiger partial charge in [-0.05, 0) is 55.8 Å². The molecule has 0 saturated heterocycles. The number of benzene rings is 1. The largest absolute Gasteiger partial charge is 0.447 e. The minimum Gasteiger partial charge on any atom is -0.447 e. The summed E-state index contributed by atoms with van der Waals surface area (Å²) in [5, 5.41) is 0. The van der Waals surface area contributed by atoms with Crippen LogP contribution in [0.1, 0.15) is 109 Å². The minimum absolute atomic E-state index is 0.188. The van der Waals surface area contributed by atoms with Gasteiger partial charge in [0.25, 0.3) is 0 Å². The molecule has 0 fully saturated rings. The first kappa shape index (κ1) is 28.0. The van der Waals surface area contributed by atoms with Crippen molar-refractivity contribution >= 4 is 43.2 Å². The fraction of sp³-hybridized carbons (Fsp3) is 0.643. The Morgan fingerprint density at radius 2 is 1.21 bits per heavy atom. The first-order valence-electron chi connectivity index (χ1n) is 13.2. The highest BCUT2D eigenvalue weighted by Crippen LogP contribution is 2.56. The lowest BCUT2D eigenvalue weighted by Gasteiger charge is -2.22. The fourth-order valence-corrected chi connectivity index (χ4v) is 7.48. The standard InChI is InChI=1S/C28H39Br2FO2S/c1-3-5-7-9-10-12-14-16-20(15-13-11-8-6-4-2)17-21-18-23-24(19-22(21)31)33-26-25(32-23)27(29)34-28(26)30/h18-20H,3-17H2,1-2H3. The van der Waals surface area contributed by atoms with Gasteiger partial charge in [-0.2, -0.15) is 0 Å². The van der Waals surface area contributed by atoms with Crippen molar-refractivity contribution < 1.29 is 13.9 Å². The first-order chi connectivity index (χ1) is 16.5. The van der Waals surface area contributed by atoms with E-state index in [9.17, 15) is 0 Å². The van der Waals surface area contributed by atoms with Crippen LogP contribution in [0.15, 0.2) is 19.7 Å². The van der Waals surface area contributed by atoms with E-state index in [4.69, 9.17) is 9.47 Å². The molecule has 34 heavy (non-hydrogen) atoms. The van der Waals surface area contributed by atoms with Gasteiger partial charge in [-0.1, -0.05) is 104 Å². The van der Waals surface area contributed by atoms with E-state index in [0.29, 0.717) is 28.9 Å². The molecule has 0 N–H and O–H groups in total. The average molecular weight is 618 g/mol. The van der Waals surface area contributed by atoms with Crippen LogP contribution in [0, 0.1) is 11.7 Å². The van der Waals surface area contributed by atoms with Crippen LogP contribution in [0.3, 0.4) is 0 Å². The van der Waals surface area contributed by atoms with E-state index in [1.54, 1.807) is 0 Å². The summed E-state index contributed by atoms with van der Waals surface area (Å²) in [6.45, 7) is 4.52. The van der Waals surface area contributed by atoms with Crippen LogP contribution < -0.4 is 9.47 Å². The molecule has 2 aromatic rings. The molecule has 0 saturated carbocycles. The number of halogens is 3. The smallest absolute Gasteiger partial charge is 0.196 e. The van der Waals surface area contributed by atoms with Crippen molar-refractivity contribution in [1.29, 1.82) is 0 Å². The lowest BCUT2D eigenvalue weighted by Crippen LogP contribution is -2.08. The molecule has 2 nitrogen and oxygen atoms in total. The maximum absolute atomic E-state index is 15.1. The van der Waals surface area contributed by atoms with Crippen molar-refractivity contribution in [3.8, 4) is 23.0 Å². The van der Waals surface area contributed by atoms with Crippen LogP contribution in [0.25, 0.3) is 0 Å². The zero-order valence-corrected chi connectivity index (χ0v) is 24.7. The van der Waals surface area contributed by atoms with Crippen molar-refractivity contribution in [1.82, 2.24) is 0 Å². The van der Waals surface area contributed by atoms with Crippen molar-refractivity contribution in [2.75, 3.05) is 0 Å². The lowest BCUT2D eigenvalue weighted by molar-refractivity contribution is 0.353. The molecule has 0 radical (unpaired) electrons. The number of unbranched alkanes of at least 4 members (excludes halogenated alkanes) is 10. The van der Waals surface area contributed by atoms with Crippen molar-refractivity contribution in [2.24, 2.45) is 5.92 Å². The molecule has 1 aromatic heterocycles. The van der Waals surface area contributed by atoms with Crippen LogP contribution in [0.4, 0.5) is 4.39 Å². The number of rotatable bonds is 16. The highest BCUT2D eigenvalue weighted by molar-refractivity contribution is 9.12. The Balaban J connectivity index is 1.61. The van der Waals surface area contributed by atoms with Gasteiger partial charge in [0.1, 0.15) is 13.4 Å². The van der Waals surface area contributed by atoms with Gasteiger partial charge < -0.3 is 9.47 Å². The maximum atomic E-state index is 15.1. The zero-order valence-electron chi connectivity index (χ0n) is 20.7. The predicted octanol–water partition coefficient (Wildman–Crippen LogP) is 12.0. The second-order valence-corrected chi connectivity index (χ2v) is 13.2. The Hall–Kier alpha value is -0.590. The summed E-state index contributed by atoms with van der Waals surface area (Å²) in [5.74, 6) is 2.66. The van der Waals surface area contributed by atoms with Crippen LogP contribution >= 0.6 is 43.2 Å². The molecule has 3 rings (SSSR count). The molecule has 1 atom stereocenters. The molecular formula is C28H39Br2FO2S. The number of hydrogen-bond acceptors (Lipinski definition) is 3. The summed E-state index contributed by atoms with van der Waals surface area (Å²) in [4.78, 5) is 0. The molecule has 190 valence electrons. The quantitative estimate of drug-likeness (QED) is 0.149. The van der Waals surface area contributed by atoms with E-state index in [-0.39, 0.29) is 5.82 Å². The summed E-state index contributed by atoms with van der Waals surface area (Å²) in [5.41, 5.74) is 0.748. The second-order valence-electron chi connectivity index (χ2n) is 9.59. The van der Waals surface area contributed by atoms with Gasteiger partial charge in [-0.15, -0.1) is 11.3 Å². The van der Waals surface area contributed by atoms with Gasteiger partial charge in [-0.3, -0.25) is 0 Å². The molecular weight excluding hydrogens is 579 g/mol. The SMILES string of the molecule is CCCCCCCCCC(CCCCCCC)Cc1cc2c(cc1F)Oc1c(Br)sc(Br)c1O2. The van der Waals surface area contributed by atoms with Gasteiger partial charge >= 0.3 is 0 Å². The second kappa shape index (κ2) is 14.8. The van der Waals surface area contributed by atoms with E-state index in [1.807, 2.05) is 6.07 Å². The van der Waals surface area contributed by atoms with Crippen molar-refractivity contribution in [3.63, 3.8) is 0 Å². The number of fused-ring (bicyclic) bond motifs is 2. The van der Waals surface area contributed by atoms with Gasteiger partial charge in [0.2, 0.25) is 0 Å². The Morgan fingerprint density at radius 3 is 1.74 bits per heavy atom.